The summed E-state index contributed by atoms with van der Waals surface area (Å²) in [5.41, 5.74) is 7.23. The van der Waals surface area contributed by atoms with Crippen LogP contribution < -0.4 is 0 Å². The minimum absolute atomic E-state index is 0.680. The van der Waals surface area contributed by atoms with Gasteiger partial charge in [-0.05, 0) is 46.2 Å². The first kappa shape index (κ1) is 23.7. The van der Waals surface area contributed by atoms with E-state index in [0.29, 0.717) is 5.82 Å². The van der Waals surface area contributed by atoms with E-state index in [1.54, 1.807) is 11.3 Å². The Kier molecular flexibility index (Phi) is 5.64. The third-order valence-electron chi connectivity index (χ3n) is 7.57. The molecule has 0 saturated heterocycles. The lowest BCUT2D eigenvalue weighted by molar-refractivity contribution is 1.18. The largest absolute Gasteiger partial charge is 0.262 e. The van der Waals surface area contributed by atoms with Crippen molar-refractivity contribution in [1.82, 2.24) is 15.0 Å². The topological polar surface area (TPSA) is 38.7 Å². The van der Waals surface area contributed by atoms with Crippen LogP contribution in [-0.4, -0.2) is 15.0 Å². The molecule has 0 N–H and O–H groups in total. The Morgan fingerprint density at radius 2 is 1.10 bits per heavy atom. The van der Waals surface area contributed by atoms with E-state index in [1.807, 2.05) is 48.8 Å². The van der Waals surface area contributed by atoms with Crippen LogP contribution in [0.5, 0.6) is 0 Å². The van der Waals surface area contributed by atoms with Crippen LogP contribution in [0.2, 0.25) is 0 Å². The molecule has 0 aliphatic carbocycles. The van der Waals surface area contributed by atoms with E-state index in [0.717, 1.165) is 38.2 Å². The van der Waals surface area contributed by atoms with E-state index in [-0.39, 0.29) is 0 Å². The van der Waals surface area contributed by atoms with Crippen molar-refractivity contribution in [3.8, 4) is 45.0 Å². The average Bonchev–Trinajstić information content (AvgIpc) is 3.43. The molecular formula is C37H23N3S. The first-order valence-electron chi connectivity index (χ1n) is 13.6. The third-order valence-corrected chi connectivity index (χ3v) is 8.67. The summed E-state index contributed by atoms with van der Waals surface area (Å²) >= 11 is 1.76. The number of hydrogen-bond acceptors (Lipinski definition) is 4. The third kappa shape index (κ3) is 4.26. The van der Waals surface area contributed by atoms with Gasteiger partial charge in [0.05, 0.1) is 16.1 Å². The van der Waals surface area contributed by atoms with Crippen molar-refractivity contribution in [2.75, 3.05) is 0 Å². The van der Waals surface area contributed by atoms with Gasteiger partial charge in [-0.3, -0.25) is 4.98 Å². The van der Waals surface area contributed by atoms with Gasteiger partial charge in [0, 0.05) is 44.6 Å². The van der Waals surface area contributed by atoms with Crippen LogP contribution in [0.1, 0.15) is 0 Å². The Morgan fingerprint density at radius 1 is 0.463 bits per heavy atom. The van der Waals surface area contributed by atoms with Crippen molar-refractivity contribution in [3.63, 3.8) is 0 Å². The van der Waals surface area contributed by atoms with E-state index in [9.17, 15) is 0 Å². The molecule has 0 saturated carbocycles. The van der Waals surface area contributed by atoms with Crippen LogP contribution in [-0.2, 0) is 0 Å². The zero-order chi connectivity index (χ0) is 27.2. The minimum atomic E-state index is 0.680. The molecule has 0 radical (unpaired) electrons. The van der Waals surface area contributed by atoms with Crippen molar-refractivity contribution >= 4 is 42.3 Å². The first-order valence-corrected chi connectivity index (χ1v) is 14.4. The Morgan fingerprint density at radius 3 is 1.83 bits per heavy atom. The number of pyridine rings is 1. The number of fused-ring (bicyclic) bond motifs is 4. The molecule has 0 fully saturated rings. The fourth-order valence-electron chi connectivity index (χ4n) is 5.53. The molecular weight excluding hydrogens is 518 g/mol. The molecule has 0 amide bonds. The summed E-state index contributed by atoms with van der Waals surface area (Å²) in [6.07, 6.45) is 3.87. The quantitative estimate of drug-likeness (QED) is 0.222. The van der Waals surface area contributed by atoms with Gasteiger partial charge in [0.1, 0.15) is 0 Å². The summed E-state index contributed by atoms with van der Waals surface area (Å²) in [4.78, 5) is 14.8. The SMILES string of the molecule is c1ccc(-c2cc(-c3ccccc3)nc(-c3cncc4sc5ccc(-c6ccc7ccccc7c6)cc5c34)n2)cc1. The van der Waals surface area contributed by atoms with Gasteiger partial charge in [-0.1, -0.05) is 103 Å². The number of hydrogen-bond donors (Lipinski definition) is 0. The monoisotopic (exact) mass is 541 g/mol. The van der Waals surface area contributed by atoms with Gasteiger partial charge >= 0.3 is 0 Å². The lowest BCUT2D eigenvalue weighted by Gasteiger charge is -2.10. The summed E-state index contributed by atoms with van der Waals surface area (Å²) in [5.74, 6) is 0.680. The van der Waals surface area contributed by atoms with E-state index >= 15 is 0 Å². The summed E-state index contributed by atoms with van der Waals surface area (Å²) in [7, 11) is 0. The second-order valence-electron chi connectivity index (χ2n) is 10.1. The van der Waals surface area contributed by atoms with Crippen LogP contribution in [0.4, 0.5) is 0 Å². The normalized spacial score (nSPS) is 11.4. The second-order valence-corrected chi connectivity index (χ2v) is 11.2. The van der Waals surface area contributed by atoms with Crippen LogP contribution in [0.15, 0.2) is 140 Å². The molecule has 0 spiro atoms. The molecule has 41 heavy (non-hydrogen) atoms. The van der Waals surface area contributed by atoms with Gasteiger partial charge < -0.3 is 0 Å². The van der Waals surface area contributed by atoms with Crippen LogP contribution in [0.3, 0.4) is 0 Å². The van der Waals surface area contributed by atoms with Crippen LogP contribution >= 0.6 is 11.3 Å². The fraction of sp³-hybridized carbons (Fsp3) is 0. The van der Waals surface area contributed by atoms with Crippen molar-refractivity contribution < 1.29 is 0 Å². The average molecular weight is 542 g/mol. The highest BCUT2D eigenvalue weighted by Gasteiger charge is 2.17. The molecule has 0 aliphatic heterocycles. The Bertz CT molecular complexity index is 2140. The minimum Gasteiger partial charge on any atom is -0.262 e. The standard InChI is InChI=1S/C37H23N3S/c1-3-10-25(11-4-1)32-21-33(26-12-5-2-6-13-26)40-37(39-32)31-22-38-23-35-36(31)30-20-29(17-18-34(30)41-35)28-16-15-24-9-7-8-14-27(24)19-28/h1-23H. The van der Waals surface area contributed by atoms with Crippen LogP contribution in [0.25, 0.3) is 76.0 Å². The van der Waals surface area contributed by atoms with Gasteiger partial charge in [-0.2, -0.15) is 0 Å². The molecule has 0 atom stereocenters. The fourth-order valence-corrected chi connectivity index (χ4v) is 6.61. The maximum atomic E-state index is 5.10. The van der Waals surface area contributed by atoms with E-state index in [1.165, 1.54) is 32.0 Å². The van der Waals surface area contributed by atoms with Gasteiger partial charge in [0.15, 0.2) is 5.82 Å². The molecule has 8 rings (SSSR count). The maximum absolute atomic E-state index is 5.10. The van der Waals surface area contributed by atoms with Gasteiger partial charge in [-0.25, -0.2) is 9.97 Å². The summed E-state index contributed by atoms with van der Waals surface area (Å²) in [6.45, 7) is 0. The molecule has 0 unspecified atom stereocenters. The predicted molar refractivity (Wildman–Crippen MR) is 172 cm³/mol. The number of benzene rings is 5. The highest BCUT2D eigenvalue weighted by atomic mass is 32.1. The first-order chi connectivity index (χ1) is 20.3. The predicted octanol–water partition coefficient (Wildman–Crippen LogP) is 10.1. The Hall–Kier alpha value is -5.19. The maximum Gasteiger partial charge on any atom is 0.162 e. The number of aromatic nitrogens is 3. The van der Waals surface area contributed by atoms with Crippen molar-refractivity contribution in [2.24, 2.45) is 0 Å². The van der Waals surface area contributed by atoms with Gasteiger partial charge in [0.2, 0.25) is 0 Å². The molecule has 3 aromatic heterocycles. The molecule has 3 heterocycles. The Labute approximate surface area is 241 Å². The van der Waals surface area contributed by atoms with Crippen molar-refractivity contribution in [1.29, 1.82) is 0 Å². The number of nitrogens with zero attached hydrogens (tertiary/aromatic N) is 3. The van der Waals surface area contributed by atoms with Crippen LogP contribution in [0, 0.1) is 0 Å². The number of rotatable bonds is 4. The summed E-state index contributed by atoms with van der Waals surface area (Å²) in [5, 5.41) is 4.83. The van der Waals surface area contributed by atoms with E-state index < -0.39 is 0 Å². The van der Waals surface area contributed by atoms with Gasteiger partial charge in [-0.15, -0.1) is 11.3 Å². The second kappa shape index (κ2) is 9.77. The lowest BCUT2D eigenvalue weighted by atomic mass is 9.99. The van der Waals surface area contributed by atoms with E-state index in [2.05, 4.69) is 96.0 Å². The molecule has 0 aliphatic rings. The molecule has 0 bridgehead atoms. The van der Waals surface area contributed by atoms with E-state index in [4.69, 9.17) is 9.97 Å². The number of thiophene rings is 1. The van der Waals surface area contributed by atoms with Crippen molar-refractivity contribution in [3.05, 3.63) is 140 Å². The summed E-state index contributed by atoms with van der Waals surface area (Å²) < 4.78 is 2.35. The highest BCUT2D eigenvalue weighted by Crippen LogP contribution is 2.41. The zero-order valence-electron chi connectivity index (χ0n) is 22.0. The molecule has 5 aromatic carbocycles. The molecule has 4 heteroatoms. The summed E-state index contributed by atoms with van der Waals surface area (Å²) in [6, 6.07) is 44.6. The smallest absolute Gasteiger partial charge is 0.162 e. The Balaban J connectivity index is 1.35. The lowest BCUT2D eigenvalue weighted by Crippen LogP contribution is -1.96. The highest BCUT2D eigenvalue weighted by molar-refractivity contribution is 7.25. The molecule has 8 aromatic rings. The molecule has 192 valence electrons. The van der Waals surface area contributed by atoms with Gasteiger partial charge in [0.25, 0.3) is 0 Å². The zero-order valence-corrected chi connectivity index (χ0v) is 22.8. The molecule has 3 nitrogen and oxygen atoms in total. The van der Waals surface area contributed by atoms with Crippen molar-refractivity contribution in [2.45, 2.75) is 0 Å².